The fourth-order valence-electron chi connectivity index (χ4n) is 3.66. The molecule has 202 valence electrons. The lowest BCUT2D eigenvalue weighted by atomic mass is 10.0. The zero-order chi connectivity index (χ0) is 28.3. The zero-order valence-corrected chi connectivity index (χ0v) is 20.4. The van der Waals surface area contributed by atoms with E-state index in [-0.39, 0.29) is 40.9 Å². The molecule has 0 spiro atoms. The standard InChI is InChI=1S/C25H19F5N6O3/c1-13(17-9-16(26)12-33-24(17)27)39-22(38)10-19-23(34-35-36(19)2)18-4-3-15(11-32-18)20(37)7-14-5-6-31-21(8-14)25(28,29)30/h3-6,8-9,11-13H,7,10H2,1-2H3/t13-/m1/s1. The minimum atomic E-state index is -4.63. The molecule has 0 fully saturated rings. The van der Waals surface area contributed by atoms with Crippen LogP contribution < -0.4 is 0 Å². The second-order valence-electron chi connectivity index (χ2n) is 8.43. The quantitative estimate of drug-likeness (QED) is 0.140. The van der Waals surface area contributed by atoms with E-state index in [2.05, 4.69) is 25.3 Å². The number of nitrogens with zero attached hydrogens (tertiary/aromatic N) is 6. The van der Waals surface area contributed by atoms with Gasteiger partial charge in [0.2, 0.25) is 5.95 Å². The molecule has 0 aliphatic heterocycles. The molecule has 14 heteroatoms. The van der Waals surface area contributed by atoms with Crippen LogP contribution in [-0.4, -0.2) is 41.7 Å². The van der Waals surface area contributed by atoms with Crippen LogP contribution >= 0.6 is 0 Å². The molecule has 1 atom stereocenters. The van der Waals surface area contributed by atoms with Crippen molar-refractivity contribution in [3.8, 4) is 11.4 Å². The fourth-order valence-corrected chi connectivity index (χ4v) is 3.66. The number of Topliss-reactive ketones (excluding diaryl/α,β-unsaturated/α-hetero) is 1. The summed E-state index contributed by atoms with van der Waals surface area (Å²) >= 11 is 0. The molecule has 4 aromatic heterocycles. The van der Waals surface area contributed by atoms with E-state index in [1.54, 1.807) is 0 Å². The van der Waals surface area contributed by atoms with E-state index >= 15 is 0 Å². The molecule has 0 bridgehead atoms. The highest BCUT2D eigenvalue weighted by Gasteiger charge is 2.32. The summed E-state index contributed by atoms with van der Waals surface area (Å²) in [7, 11) is 1.53. The van der Waals surface area contributed by atoms with Gasteiger partial charge in [0.05, 0.1) is 29.6 Å². The largest absolute Gasteiger partial charge is 0.457 e. The van der Waals surface area contributed by atoms with Crippen LogP contribution in [0.2, 0.25) is 0 Å². The van der Waals surface area contributed by atoms with Gasteiger partial charge in [-0.05, 0) is 42.8 Å². The minimum absolute atomic E-state index is 0.143. The van der Waals surface area contributed by atoms with E-state index in [1.165, 1.54) is 43.0 Å². The molecule has 0 saturated carbocycles. The highest BCUT2D eigenvalue weighted by molar-refractivity contribution is 5.97. The summed E-state index contributed by atoms with van der Waals surface area (Å²) in [5.41, 5.74) is -0.259. The van der Waals surface area contributed by atoms with Crippen LogP contribution in [0.4, 0.5) is 22.0 Å². The lowest BCUT2D eigenvalue weighted by Gasteiger charge is -2.14. The summed E-state index contributed by atoms with van der Waals surface area (Å²) in [4.78, 5) is 35.9. The second kappa shape index (κ2) is 11.0. The zero-order valence-electron chi connectivity index (χ0n) is 20.4. The maximum atomic E-state index is 13.9. The third-order valence-corrected chi connectivity index (χ3v) is 5.64. The molecule has 0 N–H and O–H groups in total. The van der Waals surface area contributed by atoms with Gasteiger partial charge in [-0.1, -0.05) is 5.21 Å². The number of halogens is 5. The Bertz CT molecular complexity index is 1520. The van der Waals surface area contributed by atoms with Crippen LogP contribution in [-0.2, 0) is 35.6 Å². The minimum Gasteiger partial charge on any atom is -0.457 e. The highest BCUT2D eigenvalue weighted by Crippen LogP contribution is 2.28. The van der Waals surface area contributed by atoms with Crippen LogP contribution in [0.3, 0.4) is 0 Å². The summed E-state index contributed by atoms with van der Waals surface area (Å²) in [6, 6.07) is 5.89. The normalized spacial score (nSPS) is 12.3. The Hall–Kier alpha value is -4.62. The van der Waals surface area contributed by atoms with Gasteiger partial charge in [0, 0.05) is 31.4 Å². The van der Waals surface area contributed by atoms with Crippen LogP contribution in [0.5, 0.6) is 0 Å². The van der Waals surface area contributed by atoms with Crippen molar-refractivity contribution in [1.82, 2.24) is 29.9 Å². The lowest BCUT2D eigenvalue weighted by molar-refractivity contribution is -0.148. The number of ketones is 1. The smallest absolute Gasteiger partial charge is 0.433 e. The summed E-state index contributed by atoms with van der Waals surface area (Å²) in [5, 5.41) is 7.89. The number of hydrogen-bond donors (Lipinski definition) is 0. The molecule has 0 amide bonds. The van der Waals surface area contributed by atoms with E-state index in [1.807, 2.05) is 0 Å². The Labute approximate surface area is 217 Å². The van der Waals surface area contributed by atoms with E-state index in [9.17, 15) is 31.5 Å². The highest BCUT2D eigenvalue weighted by atomic mass is 19.4. The molecule has 0 aliphatic carbocycles. The van der Waals surface area contributed by atoms with Gasteiger partial charge in [-0.3, -0.25) is 24.2 Å². The number of aromatic nitrogens is 6. The van der Waals surface area contributed by atoms with Gasteiger partial charge < -0.3 is 4.74 Å². The fraction of sp³-hybridized carbons (Fsp3) is 0.240. The Kier molecular flexibility index (Phi) is 7.74. The predicted octanol–water partition coefficient (Wildman–Crippen LogP) is 4.24. The molecule has 0 aliphatic rings. The number of carbonyl (C=O) groups is 2. The number of ether oxygens (including phenoxy) is 1. The molecular formula is C25H19F5N6O3. The average molecular weight is 546 g/mol. The van der Waals surface area contributed by atoms with Crippen molar-refractivity contribution in [2.24, 2.45) is 7.05 Å². The van der Waals surface area contributed by atoms with Crippen molar-refractivity contribution < 1.29 is 36.3 Å². The average Bonchev–Trinajstić information content (AvgIpc) is 3.24. The van der Waals surface area contributed by atoms with Crippen molar-refractivity contribution in [3.05, 3.63) is 88.8 Å². The number of alkyl halides is 3. The number of hydrogen-bond acceptors (Lipinski definition) is 8. The molecule has 0 unspecified atom stereocenters. The van der Waals surface area contributed by atoms with Crippen LogP contribution in [0.15, 0.2) is 48.9 Å². The topological polar surface area (TPSA) is 113 Å². The van der Waals surface area contributed by atoms with Gasteiger partial charge in [-0.2, -0.15) is 17.6 Å². The Morgan fingerprint density at radius 3 is 2.49 bits per heavy atom. The first-order valence-electron chi connectivity index (χ1n) is 11.3. The number of carbonyl (C=O) groups excluding carboxylic acids is 2. The summed E-state index contributed by atoms with van der Waals surface area (Å²) in [5.74, 6) is -3.00. The molecule has 39 heavy (non-hydrogen) atoms. The van der Waals surface area contributed by atoms with Gasteiger partial charge in [0.25, 0.3) is 0 Å². The number of rotatable bonds is 8. The molecule has 9 nitrogen and oxygen atoms in total. The molecule has 4 heterocycles. The van der Waals surface area contributed by atoms with Gasteiger partial charge in [0.15, 0.2) is 5.78 Å². The van der Waals surface area contributed by atoms with E-state index in [4.69, 9.17) is 4.74 Å². The SMILES string of the molecule is C[C@@H](OC(=O)Cc1c(-c2ccc(C(=O)Cc3ccnc(C(F)(F)F)c3)cn2)nnn1C)c1cc(F)cnc1F. The van der Waals surface area contributed by atoms with Gasteiger partial charge >= 0.3 is 12.1 Å². The maximum Gasteiger partial charge on any atom is 0.433 e. The van der Waals surface area contributed by atoms with Crippen LogP contribution in [0, 0.1) is 11.8 Å². The molecule has 0 radical (unpaired) electrons. The Morgan fingerprint density at radius 2 is 1.79 bits per heavy atom. The molecular weight excluding hydrogens is 527 g/mol. The Morgan fingerprint density at radius 1 is 1.03 bits per heavy atom. The molecule has 0 aromatic carbocycles. The van der Waals surface area contributed by atoms with E-state index in [0.717, 1.165) is 18.3 Å². The first-order chi connectivity index (χ1) is 18.4. The molecule has 4 aromatic rings. The van der Waals surface area contributed by atoms with Gasteiger partial charge in [0.1, 0.15) is 23.3 Å². The van der Waals surface area contributed by atoms with Crippen LogP contribution in [0.1, 0.15) is 45.9 Å². The van der Waals surface area contributed by atoms with Gasteiger partial charge in [-0.25, -0.2) is 9.37 Å². The summed E-state index contributed by atoms with van der Waals surface area (Å²) in [6.07, 6.45) is -3.46. The van der Waals surface area contributed by atoms with Crippen molar-refractivity contribution in [2.45, 2.75) is 32.0 Å². The maximum absolute atomic E-state index is 13.9. The summed E-state index contributed by atoms with van der Waals surface area (Å²) in [6.45, 7) is 1.37. The van der Waals surface area contributed by atoms with E-state index < -0.39 is 41.5 Å². The van der Waals surface area contributed by atoms with Crippen molar-refractivity contribution >= 4 is 11.8 Å². The first kappa shape index (κ1) is 27.4. The Balaban J connectivity index is 1.46. The second-order valence-corrected chi connectivity index (χ2v) is 8.43. The van der Waals surface area contributed by atoms with Crippen LogP contribution in [0.25, 0.3) is 11.4 Å². The third kappa shape index (κ3) is 6.45. The van der Waals surface area contributed by atoms with Crippen molar-refractivity contribution in [1.29, 1.82) is 0 Å². The summed E-state index contributed by atoms with van der Waals surface area (Å²) < 4.78 is 72.5. The lowest BCUT2D eigenvalue weighted by Crippen LogP contribution is -2.15. The molecule has 4 rings (SSSR count). The van der Waals surface area contributed by atoms with E-state index in [0.29, 0.717) is 11.9 Å². The number of pyridine rings is 3. The third-order valence-electron chi connectivity index (χ3n) is 5.64. The predicted molar refractivity (Wildman–Crippen MR) is 124 cm³/mol. The first-order valence-corrected chi connectivity index (χ1v) is 11.3. The number of esters is 1. The van der Waals surface area contributed by atoms with Crippen molar-refractivity contribution in [2.75, 3.05) is 0 Å². The van der Waals surface area contributed by atoms with Gasteiger partial charge in [-0.15, -0.1) is 5.10 Å². The molecule has 0 saturated heterocycles. The monoisotopic (exact) mass is 546 g/mol. The number of aryl methyl sites for hydroxylation is 1. The van der Waals surface area contributed by atoms with Crippen molar-refractivity contribution in [3.63, 3.8) is 0 Å².